The number of hydrogen-bond donors (Lipinski definition) is 0. The smallest absolute Gasteiger partial charge is 0.141 e. The van der Waals surface area contributed by atoms with Gasteiger partial charge in [0.1, 0.15) is 13.9 Å². The van der Waals surface area contributed by atoms with Crippen LogP contribution >= 0.6 is 0 Å². The third-order valence-electron chi connectivity index (χ3n) is 1.51. The number of benzene rings is 1. The van der Waals surface area contributed by atoms with Crippen molar-refractivity contribution in [2.75, 3.05) is 0 Å². The lowest BCUT2D eigenvalue weighted by Crippen LogP contribution is -2.08. The molecule has 0 heterocycles. The first kappa shape index (κ1) is 7.37. The molecule has 0 aliphatic carbocycles. The molecule has 0 unspecified atom stereocenters. The minimum atomic E-state index is 0.451. The summed E-state index contributed by atoms with van der Waals surface area (Å²) in [4.78, 5) is 0. The van der Waals surface area contributed by atoms with E-state index in [9.17, 15) is 0 Å². The maximum absolute atomic E-state index is 8.63. The summed E-state index contributed by atoms with van der Waals surface area (Å²) in [7, 11) is 1.82. The highest BCUT2D eigenvalue weighted by Crippen LogP contribution is 2.01. The van der Waals surface area contributed by atoms with Crippen LogP contribution < -0.4 is 5.46 Å². The van der Waals surface area contributed by atoms with Crippen LogP contribution in [0, 0.1) is 22.7 Å². The van der Waals surface area contributed by atoms with Gasteiger partial charge < -0.3 is 0 Å². The van der Waals surface area contributed by atoms with Crippen molar-refractivity contribution in [3.8, 4) is 12.1 Å². The van der Waals surface area contributed by atoms with E-state index in [4.69, 9.17) is 10.5 Å². The zero-order chi connectivity index (χ0) is 8.27. The molecule has 11 heavy (non-hydrogen) atoms. The molecule has 0 radical (unpaired) electrons. The molecular weight excluding hydrogens is 135 g/mol. The van der Waals surface area contributed by atoms with Gasteiger partial charge in [-0.2, -0.15) is 10.5 Å². The van der Waals surface area contributed by atoms with Gasteiger partial charge in [-0.15, -0.1) is 0 Å². The van der Waals surface area contributed by atoms with E-state index < -0.39 is 0 Å². The summed E-state index contributed by atoms with van der Waals surface area (Å²) in [6, 6.07) is 9.19. The third-order valence-corrected chi connectivity index (χ3v) is 1.51. The van der Waals surface area contributed by atoms with Gasteiger partial charge in [0.15, 0.2) is 0 Å². The van der Waals surface area contributed by atoms with Gasteiger partial charge in [0.25, 0.3) is 0 Å². The predicted molar refractivity (Wildman–Crippen MR) is 44.1 cm³/mol. The average molecular weight is 140 g/mol. The number of hydrogen-bond acceptors (Lipinski definition) is 2. The van der Waals surface area contributed by atoms with Crippen molar-refractivity contribution < 1.29 is 0 Å². The van der Waals surface area contributed by atoms with Crippen molar-refractivity contribution >= 4 is 13.3 Å². The summed E-state index contributed by atoms with van der Waals surface area (Å²) < 4.78 is 0. The Hall–Kier alpha value is -1.74. The zero-order valence-corrected chi connectivity index (χ0v) is 6.13. The Kier molecular flexibility index (Phi) is 1.94. The van der Waals surface area contributed by atoms with E-state index in [1.807, 2.05) is 26.1 Å². The molecule has 0 aliphatic heterocycles. The average Bonchev–Trinajstić information content (AvgIpc) is 2.04. The minimum Gasteiger partial charge on any atom is -0.192 e. The second kappa shape index (κ2) is 2.90. The molecule has 1 rings (SSSR count). The standard InChI is InChI=1S/C8H5BN2/c9-8-3-1-2-6(4-10)7(8)5-11/h1-3H,9H2. The van der Waals surface area contributed by atoms with E-state index in [0.717, 1.165) is 5.46 Å². The summed E-state index contributed by atoms with van der Waals surface area (Å²) >= 11 is 0. The van der Waals surface area contributed by atoms with E-state index in [1.165, 1.54) is 0 Å². The van der Waals surface area contributed by atoms with Gasteiger partial charge >= 0.3 is 0 Å². The Balaban J connectivity index is 3.42. The van der Waals surface area contributed by atoms with Gasteiger partial charge in [0.05, 0.1) is 17.2 Å². The van der Waals surface area contributed by atoms with E-state index in [0.29, 0.717) is 11.1 Å². The molecule has 0 saturated heterocycles. The fraction of sp³-hybridized carbons (Fsp3) is 0. The Morgan fingerprint density at radius 3 is 2.36 bits per heavy atom. The van der Waals surface area contributed by atoms with Gasteiger partial charge in [-0.25, -0.2) is 0 Å². The second-order valence-corrected chi connectivity index (χ2v) is 2.22. The highest BCUT2D eigenvalue weighted by atomic mass is 14.3. The lowest BCUT2D eigenvalue weighted by Gasteiger charge is -1.96. The molecular formula is C8H5BN2. The van der Waals surface area contributed by atoms with Crippen molar-refractivity contribution in [2.24, 2.45) is 0 Å². The molecule has 0 spiro atoms. The van der Waals surface area contributed by atoms with E-state index in [1.54, 1.807) is 12.1 Å². The van der Waals surface area contributed by atoms with Crippen molar-refractivity contribution in [1.82, 2.24) is 0 Å². The molecule has 0 N–H and O–H groups in total. The Bertz CT molecular complexity index is 357. The molecule has 1 aromatic carbocycles. The summed E-state index contributed by atoms with van der Waals surface area (Å²) in [6.07, 6.45) is 0. The molecule has 2 nitrogen and oxygen atoms in total. The Morgan fingerprint density at radius 2 is 1.91 bits per heavy atom. The van der Waals surface area contributed by atoms with Crippen LogP contribution in [0.4, 0.5) is 0 Å². The summed E-state index contributed by atoms with van der Waals surface area (Å²) in [5.41, 5.74) is 1.79. The molecule has 0 aliphatic rings. The molecule has 0 fully saturated rings. The highest BCUT2D eigenvalue weighted by Gasteiger charge is 2.01. The molecule has 3 heteroatoms. The van der Waals surface area contributed by atoms with Crippen LogP contribution in [0.5, 0.6) is 0 Å². The number of nitriles is 2. The monoisotopic (exact) mass is 140 g/mol. The highest BCUT2D eigenvalue weighted by molar-refractivity contribution is 6.34. The van der Waals surface area contributed by atoms with Gasteiger partial charge in [-0.3, -0.25) is 0 Å². The zero-order valence-electron chi connectivity index (χ0n) is 6.13. The number of rotatable bonds is 0. The van der Waals surface area contributed by atoms with Crippen molar-refractivity contribution in [2.45, 2.75) is 0 Å². The summed E-state index contributed by atoms with van der Waals surface area (Å²) in [6.45, 7) is 0. The Labute approximate surface area is 66.1 Å². The first-order chi connectivity index (χ1) is 5.29. The van der Waals surface area contributed by atoms with Crippen molar-refractivity contribution in [3.05, 3.63) is 29.3 Å². The van der Waals surface area contributed by atoms with Crippen LogP contribution in [0.1, 0.15) is 11.1 Å². The first-order valence-electron chi connectivity index (χ1n) is 3.19. The lowest BCUT2D eigenvalue weighted by atomic mass is 9.89. The van der Waals surface area contributed by atoms with Gasteiger partial charge in [0.2, 0.25) is 0 Å². The molecule has 1 aromatic rings. The van der Waals surface area contributed by atoms with E-state index >= 15 is 0 Å². The van der Waals surface area contributed by atoms with Gasteiger partial charge in [-0.05, 0) is 6.07 Å². The molecule has 50 valence electrons. The maximum atomic E-state index is 8.63. The predicted octanol–water partition coefficient (Wildman–Crippen LogP) is -0.312. The SMILES string of the molecule is Bc1cccc(C#N)c1C#N. The van der Waals surface area contributed by atoms with E-state index in [2.05, 4.69) is 0 Å². The third kappa shape index (κ3) is 1.23. The Morgan fingerprint density at radius 1 is 1.18 bits per heavy atom. The van der Waals surface area contributed by atoms with Crippen molar-refractivity contribution in [3.63, 3.8) is 0 Å². The topological polar surface area (TPSA) is 47.6 Å². The van der Waals surface area contributed by atoms with Crippen LogP contribution in [-0.2, 0) is 0 Å². The molecule has 0 aromatic heterocycles. The molecule has 0 saturated carbocycles. The maximum Gasteiger partial charge on any atom is 0.141 e. The van der Waals surface area contributed by atoms with Crippen LogP contribution in [0.3, 0.4) is 0 Å². The molecule has 0 atom stereocenters. The largest absolute Gasteiger partial charge is 0.192 e. The normalized spacial score (nSPS) is 8.18. The van der Waals surface area contributed by atoms with Gasteiger partial charge in [-0.1, -0.05) is 17.6 Å². The first-order valence-corrected chi connectivity index (χ1v) is 3.19. The molecule has 0 amide bonds. The van der Waals surface area contributed by atoms with Crippen LogP contribution in [0.2, 0.25) is 0 Å². The fourth-order valence-corrected chi connectivity index (χ4v) is 0.909. The molecule has 0 bridgehead atoms. The lowest BCUT2D eigenvalue weighted by molar-refractivity contribution is 1.45. The minimum absolute atomic E-state index is 0.451. The number of nitrogens with zero attached hydrogens (tertiary/aromatic N) is 2. The van der Waals surface area contributed by atoms with Crippen LogP contribution in [0.25, 0.3) is 0 Å². The van der Waals surface area contributed by atoms with Crippen LogP contribution in [-0.4, -0.2) is 7.85 Å². The van der Waals surface area contributed by atoms with E-state index in [-0.39, 0.29) is 0 Å². The van der Waals surface area contributed by atoms with Gasteiger partial charge in [0, 0.05) is 0 Å². The summed E-state index contributed by atoms with van der Waals surface area (Å²) in [5.74, 6) is 0. The van der Waals surface area contributed by atoms with Crippen molar-refractivity contribution in [1.29, 1.82) is 10.5 Å². The fourth-order valence-electron chi connectivity index (χ4n) is 0.909. The summed E-state index contributed by atoms with van der Waals surface area (Å²) in [5, 5.41) is 17.2. The second-order valence-electron chi connectivity index (χ2n) is 2.22. The van der Waals surface area contributed by atoms with Crippen LogP contribution in [0.15, 0.2) is 18.2 Å². The quantitative estimate of drug-likeness (QED) is 0.464.